The summed E-state index contributed by atoms with van der Waals surface area (Å²) in [6.07, 6.45) is 0. The molecular weight excluding hydrogens is 273 g/mol. The van der Waals surface area contributed by atoms with Gasteiger partial charge in [-0.3, -0.25) is 4.79 Å². The van der Waals surface area contributed by atoms with Gasteiger partial charge in [0.05, 0.1) is 5.56 Å². The average molecular weight is 288 g/mol. The van der Waals surface area contributed by atoms with E-state index in [1.54, 1.807) is 26.8 Å². The van der Waals surface area contributed by atoms with Crippen LogP contribution in [0.4, 0.5) is 10.1 Å². The first-order valence-corrected chi connectivity index (χ1v) is 6.05. The monoisotopic (exact) mass is 287 g/mol. The molecule has 4 nitrogen and oxygen atoms in total. The molecule has 0 heterocycles. The lowest BCUT2D eigenvalue weighted by molar-refractivity contribution is -0.118. The molecule has 0 aliphatic carbocycles. The largest absolute Gasteiger partial charge is 0.456 e. The minimum Gasteiger partial charge on any atom is -0.456 e. The van der Waals surface area contributed by atoms with Crippen molar-refractivity contribution in [1.29, 1.82) is 0 Å². The number of hydrogen-bond acceptors (Lipinski definition) is 3. The van der Waals surface area contributed by atoms with Crippen molar-refractivity contribution in [3.8, 4) is 0 Å². The Bertz CT molecular complexity index is 483. The third-order valence-electron chi connectivity index (χ3n) is 1.96. The van der Waals surface area contributed by atoms with Gasteiger partial charge in [-0.15, -0.1) is 0 Å². The molecule has 0 aliphatic rings. The van der Waals surface area contributed by atoms with Crippen molar-refractivity contribution < 1.29 is 18.7 Å². The number of halogens is 2. The van der Waals surface area contributed by atoms with Gasteiger partial charge in [-0.1, -0.05) is 17.7 Å². The number of amides is 1. The van der Waals surface area contributed by atoms with Gasteiger partial charge in [-0.05, 0) is 39.0 Å². The van der Waals surface area contributed by atoms with Crippen LogP contribution in [-0.2, 0) is 9.53 Å². The third kappa shape index (κ3) is 5.26. The molecule has 1 unspecified atom stereocenters. The van der Waals surface area contributed by atoms with E-state index >= 15 is 0 Å². The van der Waals surface area contributed by atoms with Crippen LogP contribution in [-0.4, -0.2) is 23.1 Å². The van der Waals surface area contributed by atoms with Crippen LogP contribution in [0.5, 0.6) is 0 Å². The first-order chi connectivity index (χ1) is 8.69. The highest BCUT2D eigenvalue weighted by atomic mass is 35.5. The Morgan fingerprint density at radius 3 is 2.53 bits per heavy atom. The van der Waals surface area contributed by atoms with Crippen molar-refractivity contribution in [2.75, 3.05) is 5.32 Å². The SMILES string of the molecule is CC(C)(C)OC(=O)c1cccc(NC(=O)C(F)Cl)c1. The molecular formula is C13H15ClFNO3. The quantitative estimate of drug-likeness (QED) is 0.686. The predicted molar refractivity (Wildman–Crippen MR) is 71.0 cm³/mol. The van der Waals surface area contributed by atoms with Gasteiger partial charge in [-0.25, -0.2) is 9.18 Å². The van der Waals surface area contributed by atoms with E-state index in [0.29, 0.717) is 0 Å². The fourth-order valence-electron chi connectivity index (χ4n) is 1.26. The standard InChI is InChI=1S/C13H15ClFNO3/c1-13(2,3)19-12(18)8-5-4-6-9(7-8)16-11(17)10(14)15/h4-7,10H,1-3H3,(H,16,17). The lowest BCUT2D eigenvalue weighted by Crippen LogP contribution is -2.24. The van der Waals surface area contributed by atoms with Crippen LogP contribution in [0.1, 0.15) is 31.1 Å². The summed E-state index contributed by atoms with van der Waals surface area (Å²) < 4.78 is 17.7. The van der Waals surface area contributed by atoms with Crippen LogP contribution < -0.4 is 5.32 Å². The molecule has 1 rings (SSSR count). The Hall–Kier alpha value is -1.62. The van der Waals surface area contributed by atoms with E-state index in [1.807, 2.05) is 0 Å². The van der Waals surface area contributed by atoms with E-state index in [0.717, 1.165) is 0 Å². The van der Waals surface area contributed by atoms with Crippen LogP contribution in [0.25, 0.3) is 0 Å². The second kappa shape index (κ2) is 6.02. The summed E-state index contributed by atoms with van der Waals surface area (Å²) in [5.41, 5.74) is -2.21. The number of alkyl halides is 2. The maximum Gasteiger partial charge on any atom is 0.338 e. The van der Waals surface area contributed by atoms with Gasteiger partial charge in [0, 0.05) is 5.69 Å². The molecule has 1 N–H and O–H groups in total. The summed E-state index contributed by atoms with van der Waals surface area (Å²) in [4.78, 5) is 22.9. The molecule has 19 heavy (non-hydrogen) atoms. The van der Waals surface area contributed by atoms with Crippen molar-refractivity contribution in [2.24, 2.45) is 0 Å². The minimum atomic E-state index is -2.13. The maximum atomic E-state index is 12.5. The number of anilines is 1. The van der Waals surface area contributed by atoms with Gasteiger partial charge in [0.1, 0.15) is 5.60 Å². The Morgan fingerprint density at radius 2 is 2.00 bits per heavy atom. The average Bonchev–Trinajstić information content (AvgIpc) is 2.27. The lowest BCUT2D eigenvalue weighted by atomic mass is 10.1. The molecule has 0 bridgehead atoms. The fraction of sp³-hybridized carbons (Fsp3) is 0.385. The Morgan fingerprint density at radius 1 is 1.37 bits per heavy atom. The normalized spacial score (nSPS) is 12.7. The summed E-state index contributed by atoms with van der Waals surface area (Å²) in [7, 11) is 0. The molecule has 1 amide bonds. The maximum absolute atomic E-state index is 12.5. The Balaban J connectivity index is 2.83. The number of nitrogens with one attached hydrogen (secondary N) is 1. The van der Waals surface area contributed by atoms with Gasteiger partial charge < -0.3 is 10.1 Å². The second-order valence-electron chi connectivity index (χ2n) is 4.87. The summed E-state index contributed by atoms with van der Waals surface area (Å²) in [6, 6.07) is 6.00. The molecule has 0 aromatic heterocycles. The van der Waals surface area contributed by atoms with Gasteiger partial charge in [0.2, 0.25) is 0 Å². The minimum absolute atomic E-state index is 0.262. The van der Waals surface area contributed by atoms with Gasteiger partial charge >= 0.3 is 5.97 Å². The van der Waals surface area contributed by atoms with Crippen LogP contribution >= 0.6 is 11.6 Å². The highest BCUT2D eigenvalue weighted by Gasteiger charge is 2.19. The number of esters is 1. The number of hydrogen-bond donors (Lipinski definition) is 1. The van der Waals surface area contributed by atoms with Crippen LogP contribution in [0.15, 0.2) is 24.3 Å². The summed E-state index contributed by atoms with van der Waals surface area (Å²) in [5, 5.41) is 2.25. The van der Waals surface area contributed by atoms with E-state index in [2.05, 4.69) is 5.32 Å². The van der Waals surface area contributed by atoms with E-state index in [9.17, 15) is 14.0 Å². The number of carbonyl (C=O) groups excluding carboxylic acids is 2. The Labute approximate surface area is 115 Å². The van der Waals surface area contributed by atoms with E-state index in [1.165, 1.54) is 18.2 Å². The molecule has 0 aliphatic heterocycles. The molecule has 104 valence electrons. The molecule has 0 fully saturated rings. The van der Waals surface area contributed by atoms with E-state index in [-0.39, 0.29) is 11.3 Å². The first kappa shape index (κ1) is 15.4. The zero-order valence-electron chi connectivity index (χ0n) is 10.9. The fourth-order valence-corrected chi connectivity index (χ4v) is 1.31. The van der Waals surface area contributed by atoms with Crippen LogP contribution in [0.3, 0.4) is 0 Å². The Kier molecular flexibility index (Phi) is 4.89. The molecule has 0 saturated carbocycles. The highest BCUT2D eigenvalue weighted by molar-refractivity contribution is 6.31. The molecule has 0 spiro atoms. The van der Waals surface area contributed by atoms with Crippen molar-refractivity contribution in [1.82, 2.24) is 0 Å². The van der Waals surface area contributed by atoms with Gasteiger partial charge in [0.15, 0.2) is 0 Å². The molecule has 6 heteroatoms. The molecule has 0 radical (unpaired) electrons. The summed E-state index contributed by atoms with van der Waals surface area (Å²) in [6.45, 7) is 5.24. The number of benzene rings is 1. The first-order valence-electron chi connectivity index (χ1n) is 5.61. The smallest absolute Gasteiger partial charge is 0.338 e. The molecule has 1 aromatic rings. The van der Waals surface area contributed by atoms with Crippen LogP contribution in [0.2, 0.25) is 0 Å². The predicted octanol–water partition coefficient (Wildman–Crippen LogP) is 3.11. The number of rotatable bonds is 3. The number of ether oxygens (including phenoxy) is 1. The topological polar surface area (TPSA) is 55.4 Å². The van der Waals surface area contributed by atoms with Crippen LogP contribution in [0, 0.1) is 0 Å². The van der Waals surface area contributed by atoms with Gasteiger partial charge in [-0.2, -0.15) is 0 Å². The zero-order valence-corrected chi connectivity index (χ0v) is 11.6. The number of carbonyl (C=O) groups is 2. The van der Waals surface area contributed by atoms with Crippen molar-refractivity contribution >= 4 is 29.2 Å². The third-order valence-corrected chi connectivity index (χ3v) is 2.16. The highest BCUT2D eigenvalue weighted by Crippen LogP contribution is 2.16. The van der Waals surface area contributed by atoms with Crippen molar-refractivity contribution in [3.05, 3.63) is 29.8 Å². The van der Waals surface area contributed by atoms with E-state index < -0.39 is 23.1 Å². The van der Waals surface area contributed by atoms with Crippen molar-refractivity contribution in [3.63, 3.8) is 0 Å². The molecule has 0 saturated heterocycles. The zero-order chi connectivity index (χ0) is 14.6. The van der Waals surface area contributed by atoms with Crippen molar-refractivity contribution in [2.45, 2.75) is 32.0 Å². The second-order valence-corrected chi connectivity index (χ2v) is 5.26. The summed E-state index contributed by atoms with van der Waals surface area (Å²) >= 11 is 5.00. The lowest BCUT2D eigenvalue weighted by Gasteiger charge is -2.19. The van der Waals surface area contributed by atoms with Gasteiger partial charge in [0.25, 0.3) is 11.5 Å². The van der Waals surface area contributed by atoms with E-state index in [4.69, 9.17) is 16.3 Å². The summed E-state index contributed by atoms with van der Waals surface area (Å²) in [5.74, 6) is -1.51. The molecule has 1 atom stereocenters. The molecule has 1 aromatic carbocycles.